The van der Waals surface area contributed by atoms with E-state index >= 15 is 0 Å². The summed E-state index contributed by atoms with van der Waals surface area (Å²) < 4.78 is 0. The van der Waals surface area contributed by atoms with Crippen molar-refractivity contribution >= 4 is 40.5 Å². The van der Waals surface area contributed by atoms with Crippen LogP contribution < -0.4 is 10.6 Å². The van der Waals surface area contributed by atoms with Crippen molar-refractivity contribution in [3.05, 3.63) is 94.8 Å². The number of hydrogen-bond donors (Lipinski definition) is 3. The molecule has 1 unspecified atom stereocenters. The number of nitrogens with zero attached hydrogens (tertiary/aromatic N) is 1. The van der Waals surface area contributed by atoms with Crippen LogP contribution in [-0.4, -0.2) is 21.7 Å². The Morgan fingerprint density at radius 2 is 1.82 bits per heavy atom. The number of aromatic nitrogens is 2. The number of carbonyl (C=O) groups is 2. The number of nitrogens with one attached hydrogen (secondary N) is 3. The Kier molecular flexibility index (Phi) is 5.90. The van der Waals surface area contributed by atoms with Gasteiger partial charge in [-0.1, -0.05) is 36.7 Å². The average molecular weight is 471 g/mol. The van der Waals surface area contributed by atoms with Gasteiger partial charge in [0.1, 0.15) is 5.82 Å². The van der Waals surface area contributed by atoms with Crippen LogP contribution in [0.5, 0.6) is 0 Å². The molecule has 6 nitrogen and oxygen atoms in total. The third-order valence-electron chi connectivity index (χ3n) is 5.88. The maximum atomic E-state index is 13.0. The van der Waals surface area contributed by atoms with Gasteiger partial charge in [-0.05, 0) is 60.9 Å². The van der Waals surface area contributed by atoms with Gasteiger partial charge in [0.2, 0.25) is 0 Å². The van der Waals surface area contributed by atoms with E-state index in [9.17, 15) is 9.59 Å². The van der Waals surface area contributed by atoms with Crippen LogP contribution in [0.3, 0.4) is 0 Å². The molecule has 170 valence electrons. The van der Waals surface area contributed by atoms with Crippen molar-refractivity contribution in [1.29, 1.82) is 0 Å². The van der Waals surface area contributed by atoms with Gasteiger partial charge in [-0.3, -0.25) is 9.59 Å². The molecule has 1 aliphatic carbocycles. The smallest absolute Gasteiger partial charge is 0.256 e. The highest BCUT2D eigenvalue weighted by atomic mass is 35.5. The molecule has 1 amide bonds. The summed E-state index contributed by atoms with van der Waals surface area (Å²) in [5, 5.41) is 6.85. The van der Waals surface area contributed by atoms with Crippen LogP contribution in [0.2, 0.25) is 5.02 Å². The highest BCUT2D eigenvalue weighted by Gasteiger charge is 2.30. The second-order valence-corrected chi connectivity index (χ2v) is 8.98. The molecule has 0 fully saturated rings. The summed E-state index contributed by atoms with van der Waals surface area (Å²) in [6.07, 6.45) is 2.96. The molecule has 0 radical (unpaired) electrons. The monoisotopic (exact) mass is 470 g/mol. The number of para-hydroxylation sites is 1. The summed E-state index contributed by atoms with van der Waals surface area (Å²) in [5.74, 6) is 0.539. The van der Waals surface area contributed by atoms with Crippen LogP contribution in [-0.2, 0) is 6.42 Å². The molecule has 7 heteroatoms. The van der Waals surface area contributed by atoms with Gasteiger partial charge in [0.15, 0.2) is 5.78 Å². The van der Waals surface area contributed by atoms with E-state index < -0.39 is 0 Å². The van der Waals surface area contributed by atoms with E-state index in [0.717, 1.165) is 34.7 Å². The van der Waals surface area contributed by atoms with Crippen molar-refractivity contribution in [2.24, 2.45) is 5.92 Å². The second kappa shape index (κ2) is 9.15. The lowest BCUT2D eigenvalue weighted by Crippen LogP contribution is -2.17. The molecule has 0 saturated carbocycles. The zero-order chi connectivity index (χ0) is 23.7. The van der Waals surface area contributed by atoms with E-state index in [1.807, 2.05) is 36.4 Å². The third kappa shape index (κ3) is 4.45. The van der Waals surface area contributed by atoms with Gasteiger partial charge < -0.3 is 15.6 Å². The van der Waals surface area contributed by atoms with Gasteiger partial charge in [0.25, 0.3) is 5.91 Å². The van der Waals surface area contributed by atoms with Gasteiger partial charge >= 0.3 is 0 Å². The number of pyridine rings is 1. The van der Waals surface area contributed by atoms with E-state index in [1.165, 1.54) is 0 Å². The second-order valence-electron chi connectivity index (χ2n) is 8.55. The predicted molar refractivity (Wildman–Crippen MR) is 135 cm³/mol. The summed E-state index contributed by atoms with van der Waals surface area (Å²) in [4.78, 5) is 33.5. The number of aromatic amines is 1. The number of ketones is 1. The Morgan fingerprint density at radius 1 is 1.06 bits per heavy atom. The molecule has 3 N–H and O–H groups in total. The van der Waals surface area contributed by atoms with Crippen LogP contribution in [0.25, 0.3) is 11.3 Å². The zero-order valence-electron chi connectivity index (χ0n) is 18.6. The van der Waals surface area contributed by atoms with Gasteiger partial charge in [0.05, 0.1) is 16.9 Å². The van der Waals surface area contributed by atoms with E-state index in [0.29, 0.717) is 28.4 Å². The van der Waals surface area contributed by atoms with Crippen molar-refractivity contribution in [2.75, 3.05) is 10.6 Å². The molecule has 2 heterocycles. The summed E-state index contributed by atoms with van der Waals surface area (Å²) >= 11 is 5.92. The molecule has 5 rings (SSSR count). The van der Waals surface area contributed by atoms with Crippen LogP contribution in [0.4, 0.5) is 17.2 Å². The van der Waals surface area contributed by atoms with Crippen molar-refractivity contribution in [1.82, 2.24) is 9.97 Å². The molecule has 0 aliphatic heterocycles. The fourth-order valence-corrected chi connectivity index (χ4v) is 4.43. The van der Waals surface area contributed by atoms with Gasteiger partial charge in [-0.15, -0.1) is 0 Å². The SMILES string of the molecule is CC1CC(=O)c2c([nH]c(-c3ccnc(NC(=O)c4ccc(Cl)cc4)c3)c2Nc2ccccc2)C1. The number of H-pyrrole nitrogens is 1. The lowest BCUT2D eigenvalue weighted by Gasteiger charge is -2.18. The Hall–Kier alpha value is -3.90. The van der Waals surface area contributed by atoms with E-state index in [1.54, 1.807) is 36.5 Å². The van der Waals surface area contributed by atoms with E-state index in [4.69, 9.17) is 11.6 Å². The molecule has 0 spiro atoms. The summed E-state index contributed by atoms with van der Waals surface area (Å²) in [6, 6.07) is 20.1. The fourth-order valence-electron chi connectivity index (χ4n) is 4.30. The Morgan fingerprint density at radius 3 is 2.59 bits per heavy atom. The normalized spacial score (nSPS) is 15.0. The molecule has 4 aromatic rings. The predicted octanol–water partition coefficient (Wildman–Crippen LogP) is 6.49. The van der Waals surface area contributed by atoms with Gasteiger partial charge in [-0.2, -0.15) is 0 Å². The Labute approximate surface area is 202 Å². The standard InChI is InChI=1S/C27H23ClN4O2/c1-16-13-21-24(22(33)14-16)26(30-20-5-3-2-4-6-20)25(31-21)18-11-12-29-23(15-18)32-27(34)17-7-9-19(28)10-8-17/h2-12,15-16,30-31H,13-14H2,1H3,(H,29,32,34). The van der Waals surface area contributed by atoms with Crippen LogP contribution >= 0.6 is 11.6 Å². The number of halogens is 1. The van der Waals surface area contributed by atoms with Crippen molar-refractivity contribution in [3.8, 4) is 11.3 Å². The van der Waals surface area contributed by atoms with Crippen molar-refractivity contribution < 1.29 is 9.59 Å². The van der Waals surface area contributed by atoms with Crippen molar-refractivity contribution in [3.63, 3.8) is 0 Å². The Balaban J connectivity index is 1.52. The molecule has 0 bridgehead atoms. The highest BCUT2D eigenvalue weighted by Crippen LogP contribution is 2.40. The molecule has 1 atom stereocenters. The fraction of sp³-hybridized carbons (Fsp3) is 0.148. The number of benzene rings is 2. The number of rotatable bonds is 5. The zero-order valence-corrected chi connectivity index (χ0v) is 19.3. The van der Waals surface area contributed by atoms with Crippen molar-refractivity contribution in [2.45, 2.75) is 19.8 Å². The Bertz CT molecular complexity index is 1360. The van der Waals surface area contributed by atoms with Crippen LogP contribution in [0, 0.1) is 5.92 Å². The number of hydrogen-bond acceptors (Lipinski definition) is 4. The van der Waals surface area contributed by atoms with E-state index in [2.05, 4.69) is 27.5 Å². The summed E-state index contributed by atoms with van der Waals surface area (Å²) in [7, 11) is 0. The van der Waals surface area contributed by atoms with Crippen LogP contribution in [0.15, 0.2) is 72.9 Å². The first-order valence-corrected chi connectivity index (χ1v) is 11.5. The first-order valence-electron chi connectivity index (χ1n) is 11.1. The minimum atomic E-state index is -0.279. The number of Topliss-reactive ketones (excluding diaryl/α,β-unsaturated/α-hetero) is 1. The lowest BCUT2D eigenvalue weighted by atomic mass is 9.87. The minimum Gasteiger partial charge on any atom is -0.356 e. The number of anilines is 3. The number of amides is 1. The lowest BCUT2D eigenvalue weighted by molar-refractivity contribution is 0.0953. The maximum Gasteiger partial charge on any atom is 0.256 e. The summed E-state index contributed by atoms with van der Waals surface area (Å²) in [5.41, 5.74) is 5.37. The van der Waals surface area contributed by atoms with Crippen LogP contribution in [0.1, 0.15) is 39.8 Å². The largest absolute Gasteiger partial charge is 0.356 e. The molecular weight excluding hydrogens is 448 g/mol. The number of fused-ring (bicyclic) bond motifs is 1. The first kappa shape index (κ1) is 21.9. The molecule has 2 aromatic carbocycles. The topological polar surface area (TPSA) is 86.9 Å². The third-order valence-corrected chi connectivity index (χ3v) is 6.13. The molecule has 0 saturated heterocycles. The maximum absolute atomic E-state index is 13.0. The van der Waals surface area contributed by atoms with Gasteiger partial charge in [-0.25, -0.2) is 4.98 Å². The van der Waals surface area contributed by atoms with Gasteiger partial charge in [0, 0.05) is 40.1 Å². The summed E-state index contributed by atoms with van der Waals surface area (Å²) in [6.45, 7) is 2.09. The highest BCUT2D eigenvalue weighted by molar-refractivity contribution is 6.30. The first-order chi connectivity index (χ1) is 16.5. The quantitative estimate of drug-likeness (QED) is 0.311. The molecular formula is C27H23ClN4O2. The molecule has 34 heavy (non-hydrogen) atoms. The van der Waals surface area contributed by atoms with E-state index in [-0.39, 0.29) is 17.6 Å². The number of carbonyl (C=O) groups excluding carboxylic acids is 2. The minimum absolute atomic E-state index is 0.125. The molecule has 1 aliphatic rings. The average Bonchev–Trinajstić information content (AvgIpc) is 3.18. The molecule has 2 aromatic heterocycles.